The third-order valence-corrected chi connectivity index (χ3v) is 5.45. The van der Waals surface area contributed by atoms with E-state index >= 15 is 0 Å². The Morgan fingerprint density at radius 1 is 0.769 bits per heavy atom. The molecular formula is C21H17NO3S. The number of ether oxygens (including phenoxy) is 3. The molecule has 0 aliphatic carbocycles. The van der Waals surface area contributed by atoms with Gasteiger partial charge in [-0.2, -0.15) is 0 Å². The van der Waals surface area contributed by atoms with Gasteiger partial charge >= 0.3 is 0 Å². The highest BCUT2D eigenvalue weighted by molar-refractivity contribution is 7.99. The van der Waals surface area contributed by atoms with E-state index in [1.54, 1.807) is 11.8 Å². The zero-order valence-electron chi connectivity index (χ0n) is 14.0. The van der Waals surface area contributed by atoms with Crippen molar-refractivity contribution in [1.82, 2.24) is 0 Å². The highest BCUT2D eigenvalue weighted by atomic mass is 32.2. The number of para-hydroxylation sites is 1. The zero-order valence-corrected chi connectivity index (χ0v) is 14.8. The van der Waals surface area contributed by atoms with E-state index in [4.69, 9.17) is 14.2 Å². The molecule has 0 radical (unpaired) electrons. The van der Waals surface area contributed by atoms with Crippen LogP contribution in [0.25, 0.3) is 0 Å². The molecule has 0 bridgehead atoms. The van der Waals surface area contributed by atoms with E-state index in [1.807, 2.05) is 30.3 Å². The number of rotatable bonds is 3. The Labute approximate surface area is 156 Å². The quantitative estimate of drug-likeness (QED) is 0.533. The topological polar surface area (TPSA) is 39.7 Å². The minimum Gasteiger partial charge on any atom is -0.486 e. The number of benzene rings is 3. The normalized spacial score (nSPS) is 14.0. The van der Waals surface area contributed by atoms with E-state index in [1.165, 1.54) is 0 Å². The van der Waals surface area contributed by atoms with E-state index in [2.05, 4.69) is 35.6 Å². The van der Waals surface area contributed by atoms with Crippen LogP contribution in [0.15, 0.2) is 70.5 Å². The minimum absolute atomic E-state index is 0.602. The molecule has 0 saturated heterocycles. The summed E-state index contributed by atoms with van der Waals surface area (Å²) in [6.07, 6.45) is 0. The molecule has 2 aliphatic rings. The summed E-state index contributed by atoms with van der Waals surface area (Å²) in [5.74, 6) is 3.44. The van der Waals surface area contributed by atoms with Crippen molar-refractivity contribution in [2.75, 3.05) is 18.5 Å². The minimum atomic E-state index is 0.602. The average molecular weight is 363 g/mol. The van der Waals surface area contributed by atoms with Gasteiger partial charge in [0.2, 0.25) is 0 Å². The Morgan fingerprint density at radius 2 is 1.62 bits per heavy atom. The van der Waals surface area contributed by atoms with Gasteiger partial charge in [0.1, 0.15) is 24.7 Å². The fraction of sp³-hybridized carbons (Fsp3) is 0.143. The Kier molecular flexibility index (Phi) is 3.87. The summed E-state index contributed by atoms with van der Waals surface area (Å²) in [7, 11) is 0. The van der Waals surface area contributed by atoms with Gasteiger partial charge in [-0.1, -0.05) is 30.0 Å². The van der Waals surface area contributed by atoms with E-state index in [9.17, 15) is 0 Å². The van der Waals surface area contributed by atoms with Crippen molar-refractivity contribution < 1.29 is 14.2 Å². The molecule has 3 aromatic rings. The molecule has 5 rings (SSSR count). The third kappa shape index (κ3) is 2.95. The van der Waals surface area contributed by atoms with Crippen molar-refractivity contribution in [3.8, 4) is 23.0 Å². The van der Waals surface area contributed by atoms with Crippen molar-refractivity contribution in [1.29, 1.82) is 0 Å². The second kappa shape index (κ2) is 6.50. The summed E-state index contributed by atoms with van der Waals surface area (Å²) < 4.78 is 17.3. The van der Waals surface area contributed by atoms with Crippen LogP contribution in [0, 0.1) is 0 Å². The molecule has 0 saturated carbocycles. The molecule has 26 heavy (non-hydrogen) atoms. The van der Waals surface area contributed by atoms with Crippen LogP contribution in [0.4, 0.5) is 5.69 Å². The Morgan fingerprint density at radius 3 is 2.58 bits per heavy atom. The second-order valence-electron chi connectivity index (χ2n) is 6.14. The molecule has 3 aromatic carbocycles. The number of anilines is 1. The molecular weight excluding hydrogens is 346 g/mol. The molecule has 4 nitrogen and oxygen atoms in total. The molecule has 0 atom stereocenters. The highest BCUT2D eigenvalue weighted by Crippen LogP contribution is 2.47. The predicted octanol–water partition coefficient (Wildman–Crippen LogP) is 5.33. The first-order valence-electron chi connectivity index (χ1n) is 8.56. The lowest BCUT2D eigenvalue weighted by Gasteiger charge is -2.21. The maximum Gasteiger partial charge on any atom is 0.161 e. The average Bonchev–Trinajstić information content (AvgIpc) is 2.70. The summed E-state index contributed by atoms with van der Waals surface area (Å²) in [5.41, 5.74) is 2.17. The van der Waals surface area contributed by atoms with Crippen LogP contribution >= 0.6 is 11.8 Å². The van der Waals surface area contributed by atoms with Gasteiger partial charge in [0, 0.05) is 18.3 Å². The van der Waals surface area contributed by atoms with Crippen molar-refractivity contribution >= 4 is 17.4 Å². The van der Waals surface area contributed by atoms with Crippen LogP contribution in [0.3, 0.4) is 0 Å². The van der Waals surface area contributed by atoms with Crippen LogP contribution in [-0.2, 0) is 6.54 Å². The van der Waals surface area contributed by atoms with Gasteiger partial charge in [0.25, 0.3) is 0 Å². The fourth-order valence-electron chi connectivity index (χ4n) is 3.04. The van der Waals surface area contributed by atoms with Crippen LogP contribution in [0.2, 0.25) is 0 Å². The van der Waals surface area contributed by atoms with Gasteiger partial charge in [0.05, 0.1) is 9.79 Å². The lowest BCUT2D eigenvalue weighted by Crippen LogP contribution is -2.15. The Hall–Kier alpha value is -2.79. The molecule has 0 spiro atoms. The van der Waals surface area contributed by atoms with Crippen LogP contribution in [0.1, 0.15) is 5.56 Å². The summed E-state index contributed by atoms with van der Waals surface area (Å²) >= 11 is 1.74. The molecule has 2 aliphatic heterocycles. The highest BCUT2D eigenvalue weighted by Gasteiger charge is 2.17. The maximum absolute atomic E-state index is 6.05. The molecule has 5 heteroatoms. The number of fused-ring (bicyclic) bond motifs is 3. The van der Waals surface area contributed by atoms with Gasteiger partial charge in [-0.15, -0.1) is 0 Å². The summed E-state index contributed by atoms with van der Waals surface area (Å²) in [4.78, 5) is 2.28. The molecule has 0 amide bonds. The van der Waals surface area contributed by atoms with Gasteiger partial charge in [-0.05, 0) is 42.0 Å². The molecule has 0 fully saturated rings. The van der Waals surface area contributed by atoms with E-state index < -0.39 is 0 Å². The van der Waals surface area contributed by atoms with Gasteiger partial charge < -0.3 is 19.5 Å². The van der Waals surface area contributed by atoms with Crippen LogP contribution in [-0.4, -0.2) is 13.2 Å². The predicted molar refractivity (Wildman–Crippen MR) is 102 cm³/mol. The number of nitrogens with one attached hydrogen (secondary N) is 1. The Bertz CT molecular complexity index is 973. The lowest BCUT2D eigenvalue weighted by atomic mass is 10.2. The van der Waals surface area contributed by atoms with Gasteiger partial charge in [-0.25, -0.2) is 0 Å². The van der Waals surface area contributed by atoms with E-state index in [-0.39, 0.29) is 0 Å². The van der Waals surface area contributed by atoms with Gasteiger partial charge in [-0.3, -0.25) is 0 Å². The lowest BCUT2D eigenvalue weighted by molar-refractivity contribution is 0.171. The van der Waals surface area contributed by atoms with Crippen LogP contribution in [0.5, 0.6) is 23.0 Å². The molecule has 0 aromatic heterocycles. The summed E-state index contributed by atoms with van der Waals surface area (Å²) in [5, 5.41) is 3.46. The van der Waals surface area contributed by atoms with E-state index in [0.717, 1.165) is 44.0 Å². The largest absolute Gasteiger partial charge is 0.486 e. The van der Waals surface area contributed by atoms with Crippen molar-refractivity contribution in [3.05, 3.63) is 66.2 Å². The molecule has 2 heterocycles. The first-order chi connectivity index (χ1) is 12.8. The zero-order chi connectivity index (χ0) is 17.3. The number of hydrogen-bond donors (Lipinski definition) is 1. The summed E-state index contributed by atoms with van der Waals surface area (Å²) in [6.45, 7) is 1.92. The monoisotopic (exact) mass is 363 g/mol. The molecule has 1 N–H and O–H groups in total. The van der Waals surface area contributed by atoms with Crippen molar-refractivity contribution in [3.63, 3.8) is 0 Å². The smallest absolute Gasteiger partial charge is 0.161 e. The van der Waals surface area contributed by atoms with Crippen molar-refractivity contribution in [2.24, 2.45) is 0 Å². The SMILES string of the molecule is c1ccc2c(c1)Oc1cc(NCc3ccc4c(c3)OCCO4)ccc1S2. The van der Waals surface area contributed by atoms with Crippen molar-refractivity contribution in [2.45, 2.75) is 16.3 Å². The fourth-order valence-corrected chi connectivity index (χ4v) is 3.97. The maximum atomic E-state index is 6.05. The number of hydrogen-bond acceptors (Lipinski definition) is 5. The third-order valence-electron chi connectivity index (χ3n) is 4.34. The second-order valence-corrected chi connectivity index (χ2v) is 7.23. The van der Waals surface area contributed by atoms with E-state index in [0.29, 0.717) is 19.8 Å². The standard InChI is InChI=1S/C21H17NO3S/c1-2-4-20-17(3-1)25-19-12-15(6-8-21(19)26-20)22-13-14-5-7-16-18(11-14)24-10-9-23-16/h1-8,11-12,22H,9-10,13H2. The Balaban J connectivity index is 1.32. The molecule has 130 valence electrons. The first-order valence-corrected chi connectivity index (χ1v) is 9.38. The molecule has 0 unspecified atom stereocenters. The van der Waals surface area contributed by atoms with Gasteiger partial charge in [0.15, 0.2) is 11.5 Å². The first kappa shape index (κ1) is 15.5. The van der Waals surface area contributed by atoms with Crippen LogP contribution < -0.4 is 19.5 Å². The summed E-state index contributed by atoms with van der Waals surface area (Å²) in [6, 6.07) is 20.4.